The zero-order valence-corrected chi connectivity index (χ0v) is 15.3. The summed E-state index contributed by atoms with van der Waals surface area (Å²) in [4.78, 5) is 12.3. The van der Waals surface area contributed by atoms with Gasteiger partial charge in [0.2, 0.25) is 5.28 Å². The van der Waals surface area contributed by atoms with Crippen molar-refractivity contribution < 1.29 is 0 Å². The van der Waals surface area contributed by atoms with Crippen molar-refractivity contribution >= 4 is 39.0 Å². The van der Waals surface area contributed by atoms with E-state index in [4.69, 9.17) is 11.6 Å². The number of rotatable bonds is 2. The van der Waals surface area contributed by atoms with Gasteiger partial charge in [0.15, 0.2) is 0 Å². The number of aromatic nitrogens is 2. The van der Waals surface area contributed by atoms with Crippen molar-refractivity contribution in [1.29, 1.82) is 0 Å². The molecule has 2 aromatic heterocycles. The molecule has 0 saturated carbocycles. The maximum atomic E-state index is 6.19. The Hall–Kier alpha value is -1.69. The van der Waals surface area contributed by atoms with E-state index in [1.54, 1.807) is 11.3 Å². The molecule has 0 radical (unpaired) electrons. The number of hydrogen-bond acceptors (Lipinski definition) is 5. The van der Waals surface area contributed by atoms with Crippen LogP contribution in [0.5, 0.6) is 0 Å². The van der Waals surface area contributed by atoms with Gasteiger partial charge in [-0.3, -0.25) is 0 Å². The molecule has 4 rings (SSSR count). The summed E-state index contributed by atoms with van der Waals surface area (Å²) in [6.45, 7) is 8.08. The van der Waals surface area contributed by atoms with Gasteiger partial charge in [0.25, 0.3) is 0 Å². The van der Waals surface area contributed by atoms with Crippen LogP contribution >= 0.6 is 22.9 Å². The third kappa shape index (κ3) is 2.77. The molecule has 1 aliphatic rings. The molecule has 3 heterocycles. The standard InChI is InChI=1S/C18H19ClN4S/c1-11-3-4-13(12(2)9-11)14-10-24-17-15(14)16(21-18(19)22-17)23-7-5-20-6-8-23/h3-4,9-10,20H,5-8H2,1-2H3. The Morgan fingerprint density at radius 2 is 1.92 bits per heavy atom. The summed E-state index contributed by atoms with van der Waals surface area (Å²) in [7, 11) is 0. The minimum Gasteiger partial charge on any atom is -0.353 e. The molecule has 1 saturated heterocycles. The zero-order valence-electron chi connectivity index (χ0n) is 13.8. The van der Waals surface area contributed by atoms with E-state index in [0.717, 1.165) is 42.2 Å². The van der Waals surface area contributed by atoms with Crippen LogP contribution in [0.3, 0.4) is 0 Å². The highest BCUT2D eigenvalue weighted by Crippen LogP contribution is 2.40. The molecule has 1 aliphatic heterocycles. The van der Waals surface area contributed by atoms with Crippen LogP contribution in [0.25, 0.3) is 21.3 Å². The van der Waals surface area contributed by atoms with Crippen molar-refractivity contribution in [3.8, 4) is 11.1 Å². The molecule has 4 nitrogen and oxygen atoms in total. The number of anilines is 1. The fraction of sp³-hybridized carbons (Fsp3) is 0.333. The lowest BCUT2D eigenvalue weighted by Gasteiger charge is -2.29. The van der Waals surface area contributed by atoms with Gasteiger partial charge in [0.1, 0.15) is 10.6 Å². The molecule has 0 aliphatic carbocycles. The minimum atomic E-state index is 0.324. The fourth-order valence-corrected chi connectivity index (χ4v) is 4.46. The van der Waals surface area contributed by atoms with Crippen LogP contribution < -0.4 is 10.2 Å². The van der Waals surface area contributed by atoms with E-state index in [9.17, 15) is 0 Å². The number of hydrogen-bond donors (Lipinski definition) is 1. The Kier molecular flexibility index (Phi) is 4.16. The van der Waals surface area contributed by atoms with Gasteiger partial charge in [0.05, 0.1) is 5.39 Å². The topological polar surface area (TPSA) is 41.1 Å². The largest absolute Gasteiger partial charge is 0.353 e. The molecule has 1 aromatic carbocycles. The van der Waals surface area contributed by atoms with E-state index in [0.29, 0.717) is 5.28 Å². The molecular weight excluding hydrogens is 340 g/mol. The number of nitrogens with one attached hydrogen (secondary N) is 1. The van der Waals surface area contributed by atoms with Crippen molar-refractivity contribution in [2.75, 3.05) is 31.1 Å². The van der Waals surface area contributed by atoms with E-state index < -0.39 is 0 Å². The van der Waals surface area contributed by atoms with Crippen molar-refractivity contribution in [2.24, 2.45) is 0 Å². The van der Waals surface area contributed by atoms with Gasteiger partial charge < -0.3 is 10.2 Å². The van der Waals surface area contributed by atoms with E-state index in [1.165, 1.54) is 22.3 Å². The number of fused-ring (bicyclic) bond motifs is 1. The molecule has 1 fully saturated rings. The minimum absolute atomic E-state index is 0.324. The molecule has 24 heavy (non-hydrogen) atoms. The van der Waals surface area contributed by atoms with Crippen molar-refractivity contribution in [1.82, 2.24) is 15.3 Å². The molecule has 124 valence electrons. The van der Waals surface area contributed by atoms with E-state index in [2.05, 4.69) is 57.6 Å². The summed E-state index contributed by atoms with van der Waals surface area (Å²) in [5.41, 5.74) is 5.00. The maximum Gasteiger partial charge on any atom is 0.225 e. The molecule has 0 spiro atoms. The number of piperazine rings is 1. The maximum absolute atomic E-state index is 6.19. The summed E-state index contributed by atoms with van der Waals surface area (Å²) >= 11 is 7.83. The highest BCUT2D eigenvalue weighted by atomic mass is 35.5. The Morgan fingerprint density at radius 1 is 1.12 bits per heavy atom. The average Bonchev–Trinajstić information content (AvgIpc) is 2.98. The lowest BCUT2D eigenvalue weighted by molar-refractivity contribution is 0.586. The third-order valence-electron chi connectivity index (χ3n) is 4.48. The zero-order chi connectivity index (χ0) is 16.7. The predicted octanol–water partition coefficient (Wildman–Crippen LogP) is 4.04. The number of nitrogens with zero attached hydrogens (tertiary/aromatic N) is 3. The Balaban J connectivity index is 1.93. The lowest BCUT2D eigenvalue weighted by atomic mass is 9.99. The van der Waals surface area contributed by atoms with Crippen LogP contribution in [0.2, 0.25) is 5.28 Å². The first-order valence-electron chi connectivity index (χ1n) is 8.11. The summed E-state index contributed by atoms with van der Waals surface area (Å²) in [6.07, 6.45) is 0. The molecular formula is C18H19ClN4S. The normalized spacial score (nSPS) is 15.2. The van der Waals surface area contributed by atoms with Gasteiger partial charge >= 0.3 is 0 Å². The van der Waals surface area contributed by atoms with Gasteiger partial charge in [-0.25, -0.2) is 4.98 Å². The predicted molar refractivity (Wildman–Crippen MR) is 102 cm³/mol. The van der Waals surface area contributed by atoms with Gasteiger partial charge in [-0.1, -0.05) is 23.8 Å². The molecule has 0 atom stereocenters. The molecule has 6 heteroatoms. The van der Waals surface area contributed by atoms with E-state index in [-0.39, 0.29) is 0 Å². The molecule has 0 amide bonds. The molecule has 3 aromatic rings. The highest BCUT2D eigenvalue weighted by molar-refractivity contribution is 7.17. The van der Waals surface area contributed by atoms with E-state index in [1.807, 2.05) is 0 Å². The van der Waals surface area contributed by atoms with Gasteiger partial charge in [-0.05, 0) is 36.6 Å². The van der Waals surface area contributed by atoms with Crippen molar-refractivity contribution in [2.45, 2.75) is 13.8 Å². The first-order chi connectivity index (χ1) is 11.6. The third-order valence-corrected chi connectivity index (χ3v) is 5.52. The number of halogens is 1. The molecule has 0 bridgehead atoms. The lowest BCUT2D eigenvalue weighted by Crippen LogP contribution is -2.44. The smallest absolute Gasteiger partial charge is 0.225 e. The van der Waals surface area contributed by atoms with Crippen molar-refractivity contribution in [3.63, 3.8) is 0 Å². The first-order valence-corrected chi connectivity index (χ1v) is 9.37. The first kappa shape index (κ1) is 15.8. The monoisotopic (exact) mass is 358 g/mol. The second-order valence-electron chi connectivity index (χ2n) is 6.20. The highest BCUT2D eigenvalue weighted by Gasteiger charge is 2.21. The van der Waals surface area contributed by atoms with Crippen LogP contribution in [-0.4, -0.2) is 36.1 Å². The Labute approximate surface area is 150 Å². The molecule has 0 unspecified atom stereocenters. The fourth-order valence-electron chi connectivity index (χ4n) is 3.32. The van der Waals surface area contributed by atoms with Crippen LogP contribution in [-0.2, 0) is 0 Å². The van der Waals surface area contributed by atoms with Crippen molar-refractivity contribution in [3.05, 3.63) is 40.0 Å². The average molecular weight is 359 g/mol. The number of thiophene rings is 1. The Bertz CT molecular complexity index is 899. The van der Waals surface area contributed by atoms with Crippen LogP contribution in [0.4, 0.5) is 5.82 Å². The van der Waals surface area contributed by atoms with Gasteiger partial charge in [0, 0.05) is 37.1 Å². The second-order valence-corrected chi connectivity index (χ2v) is 7.40. The second kappa shape index (κ2) is 6.31. The summed E-state index contributed by atoms with van der Waals surface area (Å²) < 4.78 is 0. The summed E-state index contributed by atoms with van der Waals surface area (Å²) in [5.74, 6) is 0.961. The van der Waals surface area contributed by atoms with Gasteiger partial charge in [-0.2, -0.15) is 4.98 Å². The van der Waals surface area contributed by atoms with E-state index >= 15 is 0 Å². The SMILES string of the molecule is Cc1ccc(-c2csc3nc(Cl)nc(N4CCNCC4)c23)c(C)c1. The van der Waals surface area contributed by atoms with Crippen LogP contribution in [0.15, 0.2) is 23.6 Å². The summed E-state index contributed by atoms with van der Waals surface area (Å²) in [6, 6.07) is 6.58. The quantitative estimate of drug-likeness (QED) is 0.702. The number of benzene rings is 1. The molecule has 1 N–H and O–H groups in total. The summed E-state index contributed by atoms with van der Waals surface area (Å²) in [5, 5.41) is 7.01. The Morgan fingerprint density at radius 3 is 2.67 bits per heavy atom. The van der Waals surface area contributed by atoms with Gasteiger partial charge in [-0.15, -0.1) is 11.3 Å². The number of aryl methyl sites for hydroxylation is 2. The van der Waals surface area contributed by atoms with Crippen LogP contribution in [0.1, 0.15) is 11.1 Å². The van der Waals surface area contributed by atoms with Crippen LogP contribution in [0, 0.1) is 13.8 Å².